The Morgan fingerprint density at radius 1 is 1.17 bits per heavy atom. The molecule has 2 aromatic rings. The normalized spacial score (nSPS) is 15.2. The number of ketones is 1. The monoisotopic (exact) mass is 311 g/mol. The first-order valence-electron chi connectivity index (χ1n) is 7.81. The molecule has 1 amide bonds. The molecule has 3 rings (SSSR count). The minimum Gasteiger partial charge on any atom is -0.311 e. The molecule has 0 bridgehead atoms. The van der Waals surface area contributed by atoms with Crippen LogP contribution in [0.15, 0.2) is 48.5 Å². The van der Waals surface area contributed by atoms with Crippen LogP contribution in [0.3, 0.4) is 0 Å². The predicted octanol–water partition coefficient (Wildman–Crippen LogP) is 3.94. The zero-order valence-electron chi connectivity index (χ0n) is 13.0. The fourth-order valence-corrected chi connectivity index (χ4v) is 3.08. The first kappa shape index (κ1) is 15.4. The summed E-state index contributed by atoms with van der Waals surface area (Å²) in [6.45, 7) is 2.33. The maximum atomic E-state index is 13.1. The lowest BCUT2D eigenvalue weighted by Gasteiger charge is -2.31. The third-order valence-electron chi connectivity index (χ3n) is 4.30. The van der Waals surface area contributed by atoms with Gasteiger partial charge in [-0.25, -0.2) is 4.39 Å². The Morgan fingerprint density at radius 2 is 1.87 bits per heavy atom. The highest BCUT2D eigenvalue weighted by atomic mass is 19.1. The van der Waals surface area contributed by atoms with Gasteiger partial charge >= 0.3 is 0 Å². The van der Waals surface area contributed by atoms with Crippen molar-refractivity contribution in [3.8, 4) is 0 Å². The van der Waals surface area contributed by atoms with E-state index in [2.05, 4.69) is 0 Å². The molecular weight excluding hydrogens is 293 g/mol. The first-order chi connectivity index (χ1) is 11.1. The number of Topliss-reactive ketones (excluding diaryl/α,β-unsaturated/α-hetero) is 1. The molecule has 4 heteroatoms. The molecule has 2 aromatic carbocycles. The number of rotatable bonds is 3. The summed E-state index contributed by atoms with van der Waals surface area (Å²) in [5.74, 6) is -0.625. The molecule has 1 aliphatic heterocycles. The van der Waals surface area contributed by atoms with Crippen LogP contribution < -0.4 is 4.90 Å². The summed E-state index contributed by atoms with van der Waals surface area (Å²) in [5, 5.41) is 0. The standard InChI is InChI=1S/C19H18FNO2/c1-2-15(13-7-9-14(20)10-8-13)19(23)21-12-11-18(22)16-5-3-4-6-17(16)21/h3-10,15H,2,11-12H2,1H3. The smallest absolute Gasteiger partial charge is 0.234 e. The number of hydrogen-bond acceptors (Lipinski definition) is 2. The van der Waals surface area contributed by atoms with E-state index in [0.29, 0.717) is 30.6 Å². The fraction of sp³-hybridized carbons (Fsp3) is 0.263. The predicted molar refractivity (Wildman–Crippen MR) is 87.2 cm³/mol. The van der Waals surface area contributed by atoms with Crippen LogP contribution in [0, 0.1) is 5.82 Å². The maximum absolute atomic E-state index is 13.1. The molecule has 0 aliphatic carbocycles. The van der Waals surface area contributed by atoms with Crippen molar-refractivity contribution in [2.45, 2.75) is 25.7 Å². The topological polar surface area (TPSA) is 37.4 Å². The summed E-state index contributed by atoms with van der Waals surface area (Å²) in [5.41, 5.74) is 2.07. The third-order valence-corrected chi connectivity index (χ3v) is 4.30. The largest absolute Gasteiger partial charge is 0.311 e. The number of halogens is 1. The van der Waals surface area contributed by atoms with Crippen LogP contribution >= 0.6 is 0 Å². The second-order valence-electron chi connectivity index (χ2n) is 5.69. The van der Waals surface area contributed by atoms with Gasteiger partial charge in [0.15, 0.2) is 5.78 Å². The van der Waals surface area contributed by atoms with Crippen LogP contribution in [0.4, 0.5) is 10.1 Å². The van der Waals surface area contributed by atoms with E-state index in [9.17, 15) is 14.0 Å². The van der Waals surface area contributed by atoms with E-state index in [0.717, 1.165) is 5.56 Å². The highest BCUT2D eigenvalue weighted by Crippen LogP contribution is 2.31. The zero-order chi connectivity index (χ0) is 16.4. The second-order valence-corrected chi connectivity index (χ2v) is 5.69. The number of para-hydroxylation sites is 1. The molecule has 0 saturated heterocycles. The number of fused-ring (bicyclic) bond motifs is 1. The van der Waals surface area contributed by atoms with Gasteiger partial charge in [-0.1, -0.05) is 31.2 Å². The van der Waals surface area contributed by atoms with Crippen LogP contribution in [0.5, 0.6) is 0 Å². The van der Waals surface area contributed by atoms with Crippen molar-refractivity contribution in [1.29, 1.82) is 0 Å². The average Bonchev–Trinajstić information content (AvgIpc) is 2.58. The molecule has 0 aromatic heterocycles. The summed E-state index contributed by atoms with van der Waals surface area (Å²) in [7, 11) is 0. The molecule has 0 fully saturated rings. The average molecular weight is 311 g/mol. The van der Waals surface area contributed by atoms with Crippen LogP contribution in [0.1, 0.15) is 41.6 Å². The van der Waals surface area contributed by atoms with Gasteiger partial charge < -0.3 is 4.90 Å². The van der Waals surface area contributed by atoms with Crippen LogP contribution in [-0.2, 0) is 4.79 Å². The van der Waals surface area contributed by atoms with Crippen molar-refractivity contribution in [2.75, 3.05) is 11.4 Å². The van der Waals surface area contributed by atoms with E-state index in [1.54, 1.807) is 23.1 Å². The van der Waals surface area contributed by atoms with Gasteiger partial charge in [0.1, 0.15) is 5.82 Å². The Morgan fingerprint density at radius 3 is 2.57 bits per heavy atom. The summed E-state index contributed by atoms with van der Waals surface area (Å²) < 4.78 is 13.1. The number of carbonyl (C=O) groups excluding carboxylic acids is 2. The molecule has 118 valence electrons. The van der Waals surface area contributed by atoms with Gasteiger partial charge in [0, 0.05) is 18.5 Å². The molecule has 23 heavy (non-hydrogen) atoms. The molecule has 1 atom stereocenters. The van der Waals surface area contributed by atoms with Crippen molar-refractivity contribution < 1.29 is 14.0 Å². The zero-order valence-corrected chi connectivity index (χ0v) is 13.0. The highest BCUT2D eigenvalue weighted by Gasteiger charge is 2.31. The molecule has 3 nitrogen and oxygen atoms in total. The van der Waals surface area contributed by atoms with Crippen LogP contribution in [-0.4, -0.2) is 18.2 Å². The van der Waals surface area contributed by atoms with E-state index in [-0.39, 0.29) is 23.4 Å². The summed E-state index contributed by atoms with van der Waals surface area (Å²) in [6, 6.07) is 13.3. The lowest BCUT2D eigenvalue weighted by atomic mass is 9.92. The molecule has 0 saturated carbocycles. The summed E-state index contributed by atoms with van der Waals surface area (Å²) in [6.07, 6.45) is 0.958. The highest BCUT2D eigenvalue weighted by molar-refractivity contribution is 6.10. The number of anilines is 1. The SMILES string of the molecule is CCC(C(=O)N1CCC(=O)c2ccccc21)c1ccc(F)cc1. The number of amides is 1. The third kappa shape index (κ3) is 2.89. The molecular formula is C19H18FNO2. The van der Waals surface area contributed by atoms with E-state index in [1.807, 2.05) is 25.1 Å². The lowest BCUT2D eigenvalue weighted by Crippen LogP contribution is -2.40. The number of carbonyl (C=O) groups is 2. The Kier molecular flexibility index (Phi) is 4.24. The van der Waals surface area contributed by atoms with Gasteiger partial charge in [0.2, 0.25) is 5.91 Å². The molecule has 0 spiro atoms. The fourth-order valence-electron chi connectivity index (χ4n) is 3.08. The molecule has 1 heterocycles. The van der Waals surface area contributed by atoms with Gasteiger partial charge in [0.05, 0.1) is 11.6 Å². The van der Waals surface area contributed by atoms with E-state index in [4.69, 9.17) is 0 Å². The summed E-state index contributed by atoms with van der Waals surface area (Å²) in [4.78, 5) is 26.7. The van der Waals surface area contributed by atoms with Gasteiger partial charge in [0.25, 0.3) is 0 Å². The van der Waals surface area contributed by atoms with E-state index >= 15 is 0 Å². The Balaban J connectivity index is 1.94. The van der Waals surface area contributed by atoms with Crippen molar-refractivity contribution in [3.05, 3.63) is 65.5 Å². The van der Waals surface area contributed by atoms with Gasteiger partial charge in [-0.05, 0) is 36.2 Å². The molecule has 0 radical (unpaired) electrons. The number of hydrogen-bond donors (Lipinski definition) is 0. The Hall–Kier alpha value is -2.49. The van der Waals surface area contributed by atoms with Crippen LogP contribution in [0.2, 0.25) is 0 Å². The summed E-state index contributed by atoms with van der Waals surface area (Å²) >= 11 is 0. The van der Waals surface area contributed by atoms with Crippen molar-refractivity contribution in [1.82, 2.24) is 0 Å². The molecule has 1 aliphatic rings. The number of benzene rings is 2. The van der Waals surface area contributed by atoms with Gasteiger partial charge in [-0.3, -0.25) is 9.59 Å². The maximum Gasteiger partial charge on any atom is 0.234 e. The van der Waals surface area contributed by atoms with Crippen molar-refractivity contribution >= 4 is 17.4 Å². The Labute approximate surface area is 134 Å². The van der Waals surface area contributed by atoms with Crippen molar-refractivity contribution in [2.24, 2.45) is 0 Å². The van der Waals surface area contributed by atoms with Gasteiger partial charge in [-0.2, -0.15) is 0 Å². The minimum atomic E-state index is -0.336. The Bertz CT molecular complexity index is 739. The minimum absolute atomic E-state index is 0.0425. The number of nitrogens with zero attached hydrogens (tertiary/aromatic N) is 1. The van der Waals surface area contributed by atoms with Crippen molar-refractivity contribution in [3.63, 3.8) is 0 Å². The lowest BCUT2D eigenvalue weighted by molar-refractivity contribution is -0.120. The first-order valence-corrected chi connectivity index (χ1v) is 7.81. The second kappa shape index (κ2) is 6.32. The molecule has 1 unspecified atom stereocenters. The van der Waals surface area contributed by atoms with Gasteiger partial charge in [-0.15, -0.1) is 0 Å². The molecule has 0 N–H and O–H groups in total. The van der Waals surface area contributed by atoms with E-state index in [1.165, 1.54) is 12.1 Å². The quantitative estimate of drug-likeness (QED) is 0.861. The van der Waals surface area contributed by atoms with Crippen LogP contribution in [0.25, 0.3) is 0 Å². The van der Waals surface area contributed by atoms with E-state index < -0.39 is 0 Å².